The van der Waals surface area contributed by atoms with Gasteiger partial charge in [-0.1, -0.05) is 48.0 Å². The number of aryl methyl sites for hydroxylation is 1. The van der Waals surface area contributed by atoms with Crippen molar-refractivity contribution < 1.29 is 4.79 Å². The molecule has 0 aliphatic heterocycles. The molecule has 3 nitrogen and oxygen atoms in total. The van der Waals surface area contributed by atoms with Gasteiger partial charge in [-0.15, -0.1) is 0 Å². The molecule has 3 heteroatoms. The lowest BCUT2D eigenvalue weighted by molar-refractivity contribution is -0.110. The molecule has 0 spiro atoms. The number of nitrogens with one attached hydrogen (secondary N) is 1. The van der Waals surface area contributed by atoms with Crippen molar-refractivity contribution in [2.24, 2.45) is 4.99 Å². The average Bonchev–Trinajstić information content (AvgIpc) is 2.48. The van der Waals surface area contributed by atoms with Crippen molar-refractivity contribution in [3.8, 4) is 0 Å². The minimum absolute atomic E-state index is 0.153. The van der Waals surface area contributed by atoms with E-state index in [0.29, 0.717) is 12.1 Å². The summed E-state index contributed by atoms with van der Waals surface area (Å²) < 4.78 is 0. The topological polar surface area (TPSA) is 41.5 Å². The summed E-state index contributed by atoms with van der Waals surface area (Å²) in [6.45, 7) is 2.01. The summed E-state index contributed by atoms with van der Waals surface area (Å²) in [6, 6.07) is 17.6. The van der Waals surface area contributed by atoms with E-state index in [2.05, 4.69) is 10.3 Å². The molecule has 1 N–H and O–H groups in total. The van der Waals surface area contributed by atoms with E-state index in [-0.39, 0.29) is 5.91 Å². The van der Waals surface area contributed by atoms with Gasteiger partial charge in [-0.05, 0) is 24.6 Å². The maximum absolute atomic E-state index is 12.2. The van der Waals surface area contributed by atoms with E-state index in [4.69, 9.17) is 0 Å². The zero-order valence-electron chi connectivity index (χ0n) is 11.8. The lowest BCUT2D eigenvalue weighted by Gasteiger charge is -2.08. The Morgan fingerprint density at radius 2 is 1.70 bits per heavy atom. The van der Waals surface area contributed by atoms with Crippen LogP contribution in [0.4, 0.5) is 5.69 Å². The Balaban J connectivity index is 2.05. The lowest BCUT2D eigenvalue weighted by atomic mass is 10.1. The van der Waals surface area contributed by atoms with Crippen molar-refractivity contribution >= 4 is 17.3 Å². The summed E-state index contributed by atoms with van der Waals surface area (Å²) in [5.74, 6) is -0.153. The molecule has 0 aliphatic rings. The van der Waals surface area contributed by atoms with Gasteiger partial charge in [0.25, 0.3) is 5.91 Å². The highest BCUT2D eigenvalue weighted by atomic mass is 16.1. The van der Waals surface area contributed by atoms with Gasteiger partial charge < -0.3 is 5.32 Å². The summed E-state index contributed by atoms with van der Waals surface area (Å²) in [4.78, 5) is 16.3. The van der Waals surface area contributed by atoms with Gasteiger partial charge in [0.2, 0.25) is 0 Å². The van der Waals surface area contributed by atoms with Gasteiger partial charge in [0.1, 0.15) is 5.71 Å². The van der Waals surface area contributed by atoms with E-state index < -0.39 is 0 Å². The van der Waals surface area contributed by atoms with Crippen LogP contribution in [0, 0.1) is 6.92 Å². The van der Waals surface area contributed by atoms with Gasteiger partial charge in [0.15, 0.2) is 0 Å². The maximum Gasteiger partial charge on any atom is 0.269 e. The normalized spacial score (nSPS) is 11.2. The predicted molar refractivity (Wildman–Crippen MR) is 83.3 cm³/mol. The van der Waals surface area contributed by atoms with Crippen molar-refractivity contribution in [1.29, 1.82) is 0 Å². The third-order valence-corrected chi connectivity index (χ3v) is 3.06. The molecule has 0 fully saturated rings. The summed E-state index contributed by atoms with van der Waals surface area (Å²) >= 11 is 0. The first-order chi connectivity index (χ1) is 9.69. The standard InChI is InChI=1S/C17H18N2O/c1-13-8-10-15(11-9-13)19-17(20)16(18-2)12-14-6-4-3-5-7-14/h3-11H,12H2,1-2H3,(H,19,20)/b18-16+. The Kier molecular flexibility index (Phi) is 4.66. The van der Waals surface area contributed by atoms with Crippen LogP contribution in [0.5, 0.6) is 0 Å². The van der Waals surface area contributed by atoms with Crippen LogP contribution in [-0.4, -0.2) is 18.7 Å². The summed E-state index contributed by atoms with van der Waals surface area (Å²) in [5.41, 5.74) is 3.55. The number of benzene rings is 2. The molecule has 0 heterocycles. The van der Waals surface area contributed by atoms with Crippen LogP contribution in [0.2, 0.25) is 0 Å². The van der Waals surface area contributed by atoms with Gasteiger partial charge >= 0.3 is 0 Å². The fourth-order valence-electron chi connectivity index (χ4n) is 1.89. The van der Waals surface area contributed by atoms with Crippen LogP contribution >= 0.6 is 0 Å². The Labute approximate surface area is 119 Å². The molecule has 0 aromatic heterocycles. The van der Waals surface area contributed by atoms with Gasteiger partial charge in [-0.25, -0.2) is 0 Å². The van der Waals surface area contributed by atoms with E-state index >= 15 is 0 Å². The van der Waals surface area contributed by atoms with Crippen LogP contribution in [0.25, 0.3) is 0 Å². The molecular formula is C17H18N2O. The Morgan fingerprint density at radius 3 is 2.30 bits per heavy atom. The molecule has 1 amide bonds. The van der Waals surface area contributed by atoms with Crippen LogP contribution in [-0.2, 0) is 11.2 Å². The molecule has 2 aromatic rings. The van der Waals surface area contributed by atoms with Crippen LogP contribution in [0.3, 0.4) is 0 Å². The third-order valence-electron chi connectivity index (χ3n) is 3.06. The molecule has 2 aromatic carbocycles. The molecule has 0 atom stereocenters. The molecular weight excluding hydrogens is 248 g/mol. The second-order valence-electron chi connectivity index (χ2n) is 4.65. The van der Waals surface area contributed by atoms with Crippen LogP contribution in [0.15, 0.2) is 59.6 Å². The largest absolute Gasteiger partial charge is 0.321 e. The number of amides is 1. The molecule has 2 rings (SSSR count). The molecule has 20 heavy (non-hydrogen) atoms. The molecule has 0 saturated heterocycles. The lowest BCUT2D eigenvalue weighted by Crippen LogP contribution is -2.24. The molecule has 102 valence electrons. The number of anilines is 1. The highest BCUT2D eigenvalue weighted by Crippen LogP contribution is 2.09. The minimum atomic E-state index is -0.153. The van der Waals surface area contributed by atoms with Crippen LogP contribution in [0.1, 0.15) is 11.1 Å². The van der Waals surface area contributed by atoms with Crippen molar-refractivity contribution in [2.45, 2.75) is 13.3 Å². The first-order valence-electron chi connectivity index (χ1n) is 6.56. The van der Waals surface area contributed by atoms with E-state index in [9.17, 15) is 4.79 Å². The second kappa shape index (κ2) is 6.66. The monoisotopic (exact) mass is 266 g/mol. The van der Waals surface area contributed by atoms with Gasteiger partial charge in [0.05, 0.1) is 0 Å². The molecule has 0 saturated carbocycles. The number of carbonyl (C=O) groups is 1. The van der Waals surface area contributed by atoms with E-state index in [0.717, 1.165) is 16.8 Å². The number of rotatable bonds is 4. The zero-order chi connectivity index (χ0) is 14.4. The third kappa shape index (κ3) is 3.79. The van der Waals surface area contributed by atoms with E-state index in [1.165, 1.54) is 0 Å². The summed E-state index contributed by atoms with van der Waals surface area (Å²) in [7, 11) is 1.65. The zero-order valence-corrected chi connectivity index (χ0v) is 11.8. The smallest absolute Gasteiger partial charge is 0.269 e. The second-order valence-corrected chi connectivity index (χ2v) is 4.65. The number of nitrogens with zero attached hydrogens (tertiary/aromatic N) is 1. The number of hydrogen-bond donors (Lipinski definition) is 1. The number of hydrogen-bond acceptors (Lipinski definition) is 2. The molecule has 0 aliphatic carbocycles. The van der Waals surface area contributed by atoms with E-state index in [1.54, 1.807) is 7.05 Å². The predicted octanol–water partition coefficient (Wildman–Crippen LogP) is 3.25. The van der Waals surface area contributed by atoms with Crippen molar-refractivity contribution in [2.75, 3.05) is 12.4 Å². The average molecular weight is 266 g/mol. The van der Waals surface area contributed by atoms with Gasteiger partial charge in [-0.3, -0.25) is 9.79 Å². The number of carbonyl (C=O) groups excluding carboxylic acids is 1. The SMILES string of the molecule is C/N=C(\Cc1ccccc1)C(=O)Nc1ccc(C)cc1. The molecule has 0 unspecified atom stereocenters. The Bertz CT molecular complexity index is 601. The Hall–Kier alpha value is -2.42. The van der Waals surface area contributed by atoms with Gasteiger partial charge in [-0.2, -0.15) is 0 Å². The fourth-order valence-corrected chi connectivity index (χ4v) is 1.89. The number of aliphatic imine (C=N–C) groups is 1. The summed E-state index contributed by atoms with van der Waals surface area (Å²) in [6.07, 6.45) is 0.537. The van der Waals surface area contributed by atoms with Gasteiger partial charge in [0, 0.05) is 19.2 Å². The van der Waals surface area contributed by atoms with E-state index in [1.807, 2.05) is 61.5 Å². The van der Waals surface area contributed by atoms with Crippen molar-refractivity contribution in [3.05, 3.63) is 65.7 Å². The fraction of sp³-hybridized carbons (Fsp3) is 0.176. The Morgan fingerprint density at radius 1 is 1.05 bits per heavy atom. The first kappa shape index (κ1) is 14.0. The molecule has 0 radical (unpaired) electrons. The maximum atomic E-state index is 12.2. The quantitative estimate of drug-likeness (QED) is 0.848. The molecule has 0 bridgehead atoms. The minimum Gasteiger partial charge on any atom is -0.321 e. The summed E-state index contributed by atoms with van der Waals surface area (Å²) in [5, 5.41) is 2.87. The van der Waals surface area contributed by atoms with Crippen molar-refractivity contribution in [1.82, 2.24) is 0 Å². The highest BCUT2D eigenvalue weighted by Gasteiger charge is 2.11. The van der Waals surface area contributed by atoms with Crippen LogP contribution < -0.4 is 5.32 Å². The first-order valence-corrected chi connectivity index (χ1v) is 6.56. The highest BCUT2D eigenvalue weighted by molar-refractivity contribution is 6.43. The van der Waals surface area contributed by atoms with Crippen molar-refractivity contribution in [3.63, 3.8) is 0 Å².